The van der Waals surface area contributed by atoms with E-state index in [1.54, 1.807) is 22.8 Å². The summed E-state index contributed by atoms with van der Waals surface area (Å²) in [5.74, 6) is -0.137. The van der Waals surface area contributed by atoms with Crippen molar-refractivity contribution in [3.8, 4) is 0 Å². The molecule has 31 heavy (non-hydrogen) atoms. The molecule has 0 radical (unpaired) electrons. The number of aromatic nitrogens is 4. The Morgan fingerprint density at radius 2 is 1.84 bits per heavy atom. The number of hydrogen-bond acceptors (Lipinski definition) is 5. The molecule has 0 aliphatic rings. The minimum absolute atomic E-state index is 0.0760. The molecule has 0 bridgehead atoms. The van der Waals surface area contributed by atoms with Crippen LogP contribution in [0.2, 0.25) is 5.02 Å². The lowest BCUT2D eigenvalue weighted by Crippen LogP contribution is -2.29. The highest BCUT2D eigenvalue weighted by atomic mass is 35.5. The van der Waals surface area contributed by atoms with Crippen molar-refractivity contribution in [1.29, 1.82) is 0 Å². The van der Waals surface area contributed by atoms with E-state index < -0.39 is 11.2 Å². The Hall–Kier alpha value is -3.30. The minimum atomic E-state index is -0.557. The van der Waals surface area contributed by atoms with Crippen molar-refractivity contribution < 1.29 is 4.79 Å². The fourth-order valence-electron chi connectivity index (χ4n) is 3.12. The van der Waals surface area contributed by atoms with Gasteiger partial charge in [-0.25, -0.2) is 9.78 Å². The first kappa shape index (κ1) is 21.0. The number of H-pyrrole nitrogens is 1. The van der Waals surface area contributed by atoms with E-state index in [9.17, 15) is 14.4 Å². The molecule has 2 heterocycles. The SMILES string of the molecule is Cn1c(=O)[nH]c(=O)c2c1nc(SCC(=O)Nc1ccccc1)n2Cc1ccccc1Cl. The van der Waals surface area contributed by atoms with Crippen LogP contribution in [0.5, 0.6) is 0 Å². The number of benzene rings is 2. The Bertz CT molecular complexity index is 1380. The number of anilines is 1. The standard InChI is InChI=1S/C21H18ClN5O3S/c1-26-18-17(19(29)25-20(26)30)27(11-13-7-5-6-10-15(13)22)21(24-18)31-12-16(28)23-14-8-3-2-4-9-14/h2-10H,11-12H2,1H3,(H,23,28)(H,25,29,30). The molecule has 158 valence electrons. The van der Waals surface area contributed by atoms with E-state index in [2.05, 4.69) is 15.3 Å². The van der Waals surface area contributed by atoms with Crippen LogP contribution in [-0.2, 0) is 18.4 Å². The predicted octanol–water partition coefficient (Wildman–Crippen LogP) is 2.86. The monoisotopic (exact) mass is 455 g/mol. The molecular weight excluding hydrogens is 438 g/mol. The molecule has 4 aromatic rings. The number of nitrogens with zero attached hydrogens (tertiary/aromatic N) is 3. The third-order valence-electron chi connectivity index (χ3n) is 4.65. The third-order valence-corrected chi connectivity index (χ3v) is 5.99. The number of carbonyl (C=O) groups is 1. The molecule has 10 heteroatoms. The molecular formula is C21H18ClN5O3S. The summed E-state index contributed by atoms with van der Waals surface area (Å²) in [5, 5.41) is 3.79. The van der Waals surface area contributed by atoms with Crippen molar-refractivity contribution in [3.63, 3.8) is 0 Å². The Morgan fingerprint density at radius 3 is 2.58 bits per heavy atom. The van der Waals surface area contributed by atoms with E-state index in [-0.39, 0.29) is 29.4 Å². The zero-order valence-corrected chi connectivity index (χ0v) is 18.0. The van der Waals surface area contributed by atoms with E-state index in [0.717, 1.165) is 5.56 Å². The van der Waals surface area contributed by atoms with Crippen LogP contribution >= 0.6 is 23.4 Å². The predicted molar refractivity (Wildman–Crippen MR) is 122 cm³/mol. The number of nitrogens with one attached hydrogen (secondary N) is 2. The maximum Gasteiger partial charge on any atom is 0.329 e. The topological polar surface area (TPSA) is 102 Å². The average molecular weight is 456 g/mol. The summed E-state index contributed by atoms with van der Waals surface area (Å²) in [5.41, 5.74) is 0.861. The van der Waals surface area contributed by atoms with Crippen molar-refractivity contribution >= 4 is 46.1 Å². The number of hydrogen-bond donors (Lipinski definition) is 2. The van der Waals surface area contributed by atoms with E-state index in [4.69, 9.17) is 11.6 Å². The summed E-state index contributed by atoms with van der Waals surface area (Å²) < 4.78 is 2.95. The fraction of sp³-hybridized carbons (Fsp3) is 0.143. The number of halogens is 1. The smallest absolute Gasteiger partial charge is 0.325 e. The molecule has 2 aromatic carbocycles. The molecule has 2 N–H and O–H groups in total. The van der Waals surface area contributed by atoms with Crippen molar-refractivity contribution in [2.24, 2.45) is 7.05 Å². The molecule has 8 nitrogen and oxygen atoms in total. The highest BCUT2D eigenvalue weighted by molar-refractivity contribution is 7.99. The first-order valence-corrected chi connectivity index (χ1v) is 10.7. The van der Waals surface area contributed by atoms with Gasteiger partial charge in [-0.15, -0.1) is 0 Å². The second-order valence-electron chi connectivity index (χ2n) is 6.77. The third kappa shape index (κ3) is 4.42. The van der Waals surface area contributed by atoms with Crippen LogP contribution in [0.25, 0.3) is 11.2 Å². The van der Waals surface area contributed by atoms with Gasteiger partial charge in [-0.2, -0.15) is 0 Å². The van der Waals surface area contributed by atoms with Gasteiger partial charge in [0.25, 0.3) is 5.56 Å². The largest absolute Gasteiger partial charge is 0.329 e. The average Bonchev–Trinajstić information content (AvgIpc) is 3.12. The lowest BCUT2D eigenvalue weighted by Gasteiger charge is -2.10. The zero-order chi connectivity index (χ0) is 22.0. The number of imidazole rings is 1. The van der Waals surface area contributed by atoms with Crippen molar-refractivity contribution in [2.75, 3.05) is 11.1 Å². The quantitative estimate of drug-likeness (QED) is 0.435. The van der Waals surface area contributed by atoms with Crippen LogP contribution in [0.15, 0.2) is 69.3 Å². The molecule has 0 fully saturated rings. The van der Waals surface area contributed by atoms with Crippen LogP contribution in [0.1, 0.15) is 5.56 Å². The highest BCUT2D eigenvalue weighted by Gasteiger charge is 2.19. The number of amides is 1. The van der Waals surface area contributed by atoms with Crippen LogP contribution in [0, 0.1) is 0 Å². The summed E-state index contributed by atoms with van der Waals surface area (Å²) in [6, 6.07) is 16.4. The highest BCUT2D eigenvalue weighted by Crippen LogP contribution is 2.25. The maximum atomic E-state index is 12.6. The van der Waals surface area contributed by atoms with Crippen LogP contribution in [0.4, 0.5) is 5.69 Å². The van der Waals surface area contributed by atoms with Gasteiger partial charge in [0.2, 0.25) is 5.91 Å². The van der Waals surface area contributed by atoms with Crippen molar-refractivity contribution in [3.05, 3.63) is 86.0 Å². The number of carbonyl (C=O) groups excluding carboxylic acids is 1. The second kappa shape index (κ2) is 8.83. The van der Waals surface area contributed by atoms with Gasteiger partial charge in [-0.3, -0.25) is 19.1 Å². The van der Waals surface area contributed by atoms with Crippen LogP contribution in [-0.4, -0.2) is 30.8 Å². The van der Waals surface area contributed by atoms with Gasteiger partial charge >= 0.3 is 5.69 Å². The first-order valence-electron chi connectivity index (χ1n) is 9.34. The number of rotatable bonds is 6. The minimum Gasteiger partial charge on any atom is -0.325 e. The lowest BCUT2D eigenvalue weighted by atomic mass is 10.2. The van der Waals surface area contributed by atoms with Gasteiger partial charge in [0.05, 0.1) is 12.3 Å². The van der Waals surface area contributed by atoms with E-state index >= 15 is 0 Å². The number of fused-ring (bicyclic) bond motifs is 1. The summed E-state index contributed by atoms with van der Waals surface area (Å²) in [6.07, 6.45) is 0. The van der Waals surface area contributed by atoms with Crippen molar-refractivity contribution in [1.82, 2.24) is 19.1 Å². The van der Waals surface area contributed by atoms with Crippen LogP contribution < -0.4 is 16.6 Å². The molecule has 2 aromatic heterocycles. The molecule has 0 unspecified atom stereocenters. The Kier molecular flexibility index (Phi) is 5.97. The summed E-state index contributed by atoms with van der Waals surface area (Å²) >= 11 is 7.49. The number of aromatic amines is 1. The lowest BCUT2D eigenvalue weighted by molar-refractivity contribution is -0.113. The van der Waals surface area contributed by atoms with Crippen molar-refractivity contribution in [2.45, 2.75) is 11.7 Å². The molecule has 0 spiro atoms. The zero-order valence-electron chi connectivity index (χ0n) is 16.5. The molecule has 0 atom stereocenters. The Labute approximate surface area is 185 Å². The van der Waals surface area contributed by atoms with Gasteiger partial charge in [0.1, 0.15) is 0 Å². The molecule has 0 aliphatic heterocycles. The number of para-hydroxylation sites is 1. The Balaban J connectivity index is 1.70. The van der Waals surface area contributed by atoms with E-state index in [0.29, 0.717) is 15.9 Å². The Morgan fingerprint density at radius 1 is 1.13 bits per heavy atom. The molecule has 0 saturated heterocycles. The van der Waals surface area contributed by atoms with Gasteiger partial charge in [0, 0.05) is 17.8 Å². The molecule has 4 rings (SSSR count). The molecule has 0 saturated carbocycles. The summed E-state index contributed by atoms with van der Waals surface area (Å²) in [4.78, 5) is 43.8. The number of thioether (sulfide) groups is 1. The second-order valence-corrected chi connectivity index (χ2v) is 8.12. The van der Waals surface area contributed by atoms with Gasteiger partial charge in [0.15, 0.2) is 16.3 Å². The fourth-order valence-corrected chi connectivity index (χ4v) is 4.11. The first-order chi connectivity index (χ1) is 14.9. The molecule has 0 aliphatic carbocycles. The van der Waals surface area contributed by atoms with E-state index in [1.165, 1.54) is 23.4 Å². The van der Waals surface area contributed by atoms with Crippen LogP contribution in [0.3, 0.4) is 0 Å². The number of aryl methyl sites for hydroxylation is 1. The van der Waals surface area contributed by atoms with Gasteiger partial charge < -0.3 is 9.88 Å². The maximum absolute atomic E-state index is 12.6. The summed E-state index contributed by atoms with van der Waals surface area (Å²) in [6.45, 7) is 0.264. The van der Waals surface area contributed by atoms with E-state index in [1.807, 2.05) is 36.4 Å². The normalized spacial score (nSPS) is 11.0. The molecule has 1 amide bonds. The van der Waals surface area contributed by atoms with Gasteiger partial charge in [-0.1, -0.05) is 59.8 Å². The summed E-state index contributed by atoms with van der Waals surface area (Å²) in [7, 11) is 1.53. The van der Waals surface area contributed by atoms with Gasteiger partial charge in [-0.05, 0) is 23.8 Å².